The highest BCUT2D eigenvalue weighted by Crippen LogP contribution is 2.24. The van der Waals surface area contributed by atoms with E-state index in [0.29, 0.717) is 11.6 Å². The van der Waals surface area contributed by atoms with Crippen LogP contribution in [0.2, 0.25) is 0 Å². The molecule has 1 aromatic carbocycles. The molecule has 1 heterocycles. The molecule has 1 N–H and O–H groups in total. The molecule has 18 heavy (non-hydrogen) atoms. The number of halogens is 3. The van der Waals surface area contributed by atoms with Gasteiger partial charge in [0.1, 0.15) is 11.6 Å². The Labute approximate surface area is 113 Å². The lowest BCUT2D eigenvalue weighted by molar-refractivity contribution is 0.156. The largest absolute Gasteiger partial charge is 0.312 e. The van der Waals surface area contributed by atoms with Gasteiger partial charge < -0.3 is 5.32 Å². The third-order valence-electron chi connectivity index (χ3n) is 3.36. The van der Waals surface area contributed by atoms with E-state index in [1.165, 1.54) is 6.07 Å². The van der Waals surface area contributed by atoms with Crippen LogP contribution in [0.1, 0.15) is 25.5 Å². The van der Waals surface area contributed by atoms with E-state index in [0.717, 1.165) is 25.7 Å². The van der Waals surface area contributed by atoms with Crippen molar-refractivity contribution < 1.29 is 8.78 Å². The second-order valence-electron chi connectivity index (χ2n) is 4.69. The van der Waals surface area contributed by atoms with Gasteiger partial charge in [0.05, 0.1) is 0 Å². The summed E-state index contributed by atoms with van der Waals surface area (Å²) in [6.45, 7) is 6.77. The average Bonchev–Trinajstić information content (AvgIpc) is 2.28. The molecule has 0 amide bonds. The Bertz CT molecular complexity index is 401. The van der Waals surface area contributed by atoms with Gasteiger partial charge in [0.15, 0.2) is 0 Å². The number of piperazine rings is 1. The molecule has 0 aromatic heterocycles. The molecule has 2 unspecified atom stereocenters. The summed E-state index contributed by atoms with van der Waals surface area (Å²) >= 11 is 0. The first kappa shape index (κ1) is 15.3. The summed E-state index contributed by atoms with van der Waals surface area (Å²) in [5.41, 5.74) is 0.570. The van der Waals surface area contributed by atoms with Crippen molar-refractivity contribution in [2.24, 2.45) is 0 Å². The van der Waals surface area contributed by atoms with Gasteiger partial charge in [-0.05, 0) is 19.9 Å². The summed E-state index contributed by atoms with van der Waals surface area (Å²) < 4.78 is 26.5. The number of nitrogens with zero attached hydrogens (tertiary/aromatic N) is 1. The van der Waals surface area contributed by atoms with Gasteiger partial charge in [-0.2, -0.15) is 0 Å². The fourth-order valence-electron chi connectivity index (χ4n) is 2.35. The molecule has 0 saturated carbocycles. The van der Waals surface area contributed by atoms with E-state index in [4.69, 9.17) is 0 Å². The predicted octanol–water partition coefficient (Wildman–Crippen LogP) is 2.74. The highest BCUT2D eigenvalue weighted by molar-refractivity contribution is 5.85. The molecule has 5 heteroatoms. The van der Waals surface area contributed by atoms with E-state index in [-0.39, 0.29) is 18.4 Å². The van der Waals surface area contributed by atoms with Crippen LogP contribution in [-0.2, 0) is 0 Å². The smallest absolute Gasteiger partial charge is 0.130 e. The lowest BCUT2D eigenvalue weighted by Gasteiger charge is -2.36. The molecule has 1 saturated heterocycles. The lowest BCUT2D eigenvalue weighted by Crippen LogP contribution is -2.49. The number of benzene rings is 1. The van der Waals surface area contributed by atoms with Crippen LogP contribution in [0.3, 0.4) is 0 Å². The minimum Gasteiger partial charge on any atom is -0.312 e. The number of hydrogen-bond donors (Lipinski definition) is 1. The zero-order chi connectivity index (χ0) is 12.4. The van der Waals surface area contributed by atoms with Gasteiger partial charge >= 0.3 is 0 Å². The van der Waals surface area contributed by atoms with Crippen LogP contribution < -0.4 is 5.32 Å². The van der Waals surface area contributed by atoms with Gasteiger partial charge in [-0.1, -0.05) is 6.07 Å². The van der Waals surface area contributed by atoms with Crippen molar-refractivity contribution in [3.8, 4) is 0 Å². The highest BCUT2D eigenvalue weighted by atomic mass is 35.5. The van der Waals surface area contributed by atoms with Gasteiger partial charge in [0.25, 0.3) is 0 Å². The standard InChI is InChI=1S/C13H18F2N2.ClH/c1-9-8-17(6-5-16-9)10(2)12-4-3-11(14)7-13(12)15;/h3-4,7,9-10,16H,5-6,8H2,1-2H3;1H. The molecule has 0 radical (unpaired) electrons. The predicted molar refractivity (Wildman–Crippen MR) is 71.1 cm³/mol. The van der Waals surface area contributed by atoms with E-state index in [1.54, 1.807) is 6.07 Å². The molecule has 2 atom stereocenters. The molecule has 102 valence electrons. The molecule has 0 aliphatic carbocycles. The Hall–Kier alpha value is -0.710. The summed E-state index contributed by atoms with van der Waals surface area (Å²) in [4.78, 5) is 2.22. The van der Waals surface area contributed by atoms with Crippen molar-refractivity contribution in [2.45, 2.75) is 25.9 Å². The molecule has 1 fully saturated rings. The molecular formula is C13H19ClF2N2. The van der Waals surface area contributed by atoms with E-state index in [9.17, 15) is 8.78 Å². The molecule has 0 bridgehead atoms. The maximum absolute atomic E-state index is 13.7. The molecule has 1 aliphatic rings. The summed E-state index contributed by atoms with van der Waals surface area (Å²) in [6, 6.07) is 4.22. The van der Waals surface area contributed by atoms with E-state index >= 15 is 0 Å². The van der Waals surface area contributed by atoms with Gasteiger partial charge in [-0.25, -0.2) is 8.78 Å². The maximum Gasteiger partial charge on any atom is 0.130 e. The first-order chi connectivity index (χ1) is 8.08. The summed E-state index contributed by atoms with van der Waals surface area (Å²) in [5.74, 6) is -0.976. The van der Waals surface area contributed by atoms with Crippen LogP contribution in [0.5, 0.6) is 0 Å². The molecule has 2 nitrogen and oxygen atoms in total. The first-order valence-electron chi connectivity index (χ1n) is 6.00. The van der Waals surface area contributed by atoms with Crippen LogP contribution in [-0.4, -0.2) is 30.6 Å². The zero-order valence-corrected chi connectivity index (χ0v) is 11.4. The van der Waals surface area contributed by atoms with Crippen molar-refractivity contribution in [3.05, 3.63) is 35.4 Å². The Morgan fingerprint density at radius 2 is 2.11 bits per heavy atom. The molecule has 1 aliphatic heterocycles. The van der Waals surface area contributed by atoms with Crippen LogP contribution in [0.25, 0.3) is 0 Å². The number of hydrogen-bond acceptors (Lipinski definition) is 2. The van der Waals surface area contributed by atoms with Crippen LogP contribution in [0.4, 0.5) is 8.78 Å². The van der Waals surface area contributed by atoms with Gasteiger partial charge in [0, 0.05) is 43.3 Å². The third-order valence-corrected chi connectivity index (χ3v) is 3.36. The molecular weight excluding hydrogens is 258 g/mol. The van der Waals surface area contributed by atoms with E-state index in [1.807, 2.05) is 6.92 Å². The van der Waals surface area contributed by atoms with Crippen LogP contribution in [0, 0.1) is 11.6 Å². The monoisotopic (exact) mass is 276 g/mol. The van der Waals surface area contributed by atoms with Crippen molar-refractivity contribution in [1.29, 1.82) is 0 Å². The SMILES string of the molecule is CC1CN(C(C)c2ccc(F)cc2F)CCN1.Cl. The third kappa shape index (κ3) is 3.40. The second-order valence-corrected chi connectivity index (χ2v) is 4.69. The fraction of sp³-hybridized carbons (Fsp3) is 0.538. The van der Waals surface area contributed by atoms with E-state index < -0.39 is 11.6 Å². The highest BCUT2D eigenvalue weighted by Gasteiger charge is 2.23. The Morgan fingerprint density at radius 3 is 2.72 bits per heavy atom. The Morgan fingerprint density at radius 1 is 1.39 bits per heavy atom. The topological polar surface area (TPSA) is 15.3 Å². The van der Waals surface area contributed by atoms with Crippen molar-refractivity contribution >= 4 is 12.4 Å². The Kier molecular flexibility index (Phi) is 5.50. The van der Waals surface area contributed by atoms with Crippen LogP contribution >= 0.6 is 12.4 Å². The average molecular weight is 277 g/mol. The quantitative estimate of drug-likeness (QED) is 0.894. The van der Waals surface area contributed by atoms with Crippen LogP contribution in [0.15, 0.2) is 18.2 Å². The van der Waals surface area contributed by atoms with Gasteiger partial charge in [0.2, 0.25) is 0 Å². The van der Waals surface area contributed by atoms with Crippen molar-refractivity contribution in [1.82, 2.24) is 10.2 Å². The number of rotatable bonds is 2. The van der Waals surface area contributed by atoms with Gasteiger partial charge in [-0.15, -0.1) is 12.4 Å². The molecule has 1 aromatic rings. The minimum absolute atomic E-state index is 0. The van der Waals surface area contributed by atoms with Gasteiger partial charge in [-0.3, -0.25) is 4.90 Å². The molecule has 0 spiro atoms. The fourth-order valence-corrected chi connectivity index (χ4v) is 2.35. The van der Waals surface area contributed by atoms with Crippen molar-refractivity contribution in [2.75, 3.05) is 19.6 Å². The lowest BCUT2D eigenvalue weighted by atomic mass is 10.0. The summed E-state index contributed by atoms with van der Waals surface area (Å²) in [7, 11) is 0. The maximum atomic E-state index is 13.7. The number of nitrogens with one attached hydrogen (secondary N) is 1. The van der Waals surface area contributed by atoms with E-state index in [2.05, 4.69) is 17.1 Å². The first-order valence-corrected chi connectivity index (χ1v) is 6.00. The minimum atomic E-state index is -0.521. The summed E-state index contributed by atoms with van der Waals surface area (Å²) in [6.07, 6.45) is 0. The summed E-state index contributed by atoms with van der Waals surface area (Å²) in [5, 5.41) is 3.35. The second kappa shape index (κ2) is 6.45. The normalized spacial score (nSPS) is 22.3. The Balaban J connectivity index is 0.00000162. The zero-order valence-electron chi connectivity index (χ0n) is 10.6. The van der Waals surface area contributed by atoms with Crippen molar-refractivity contribution in [3.63, 3.8) is 0 Å². The molecule has 2 rings (SSSR count).